The molecule has 0 saturated carbocycles. The van der Waals surface area contributed by atoms with Gasteiger partial charge in [0.1, 0.15) is 4.47 Å². The van der Waals surface area contributed by atoms with Crippen LogP contribution in [-0.2, 0) is 7.05 Å². The van der Waals surface area contributed by atoms with E-state index in [1.165, 1.54) is 11.7 Å². The van der Waals surface area contributed by atoms with Gasteiger partial charge in [-0.05, 0) is 15.9 Å². The van der Waals surface area contributed by atoms with E-state index in [0.29, 0.717) is 10.3 Å². The highest BCUT2D eigenvalue weighted by Gasteiger charge is 2.17. The quantitative estimate of drug-likeness (QED) is 0.896. The van der Waals surface area contributed by atoms with Crippen molar-refractivity contribution in [2.45, 2.75) is 6.61 Å². The first-order valence-corrected chi connectivity index (χ1v) is 4.20. The Balaban J connectivity index is 2.98. The molecule has 0 atom stereocenters. The Morgan fingerprint density at radius 3 is 2.62 bits per heavy atom. The minimum atomic E-state index is -2.85. The molecular weight excluding hydrogens is 248 g/mol. The Hall–Kier alpha value is -0.850. The zero-order valence-corrected chi connectivity index (χ0v) is 8.60. The Morgan fingerprint density at radius 1 is 1.62 bits per heavy atom. The molecule has 74 valence electrons. The van der Waals surface area contributed by atoms with Gasteiger partial charge in [0, 0.05) is 14.1 Å². The van der Waals surface area contributed by atoms with Gasteiger partial charge < -0.3 is 10.1 Å². The molecular formula is C6H8BrF2N3O. The van der Waals surface area contributed by atoms with E-state index >= 15 is 0 Å². The van der Waals surface area contributed by atoms with Crippen LogP contribution in [0, 0.1) is 0 Å². The Labute approximate surface area is 82.0 Å². The van der Waals surface area contributed by atoms with Crippen molar-refractivity contribution in [2.75, 3.05) is 12.4 Å². The fraction of sp³-hybridized carbons (Fsp3) is 0.500. The second-order valence-corrected chi connectivity index (χ2v) is 3.01. The van der Waals surface area contributed by atoms with E-state index in [4.69, 9.17) is 0 Å². The molecule has 0 aliphatic heterocycles. The largest absolute Gasteiger partial charge is 0.416 e. The van der Waals surface area contributed by atoms with Crippen LogP contribution >= 0.6 is 15.9 Å². The highest BCUT2D eigenvalue weighted by atomic mass is 79.9. The fourth-order valence-corrected chi connectivity index (χ4v) is 1.48. The number of aryl methyl sites for hydroxylation is 1. The zero-order valence-electron chi connectivity index (χ0n) is 7.01. The summed E-state index contributed by atoms with van der Waals surface area (Å²) in [6.07, 6.45) is 0. The molecule has 7 heteroatoms. The fourth-order valence-electron chi connectivity index (χ4n) is 0.855. The summed E-state index contributed by atoms with van der Waals surface area (Å²) >= 11 is 3.09. The highest BCUT2D eigenvalue weighted by Crippen LogP contribution is 2.32. The molecule has 1 aromatic heterocycles. The van der Waals surface area contributed by atoms with E-state index in [2.05, 4.69) is 31.1 Å². The molecule has 1 N–H and O–H groups in total. The maximum Gasteiger partial charge on any atom is 0.388 e. The molecule has 4 nitrogen and oxygen atoms in total. The molecule has 0 aromatic carbocycles. The number of ether oxygens (including phenoxy) is 1. The van der Waals surface area contributed by atoms with Gasteiger partial charge in [0.2, 0.25) is 5.88 Å². The molecule has 0 radical (unpaired) electrons. The van der Waals surface area contributed by atoms with Gasteiger partial charge in [0.15, 0.2) is 5.82 Å². The summed E-state index contributed by atoms with van der Waals surface area (Å²) in [7, 11) is 3.16. The lowest BCUT2D eigenvalue weighted by atomic mass is 10.6. The zero-order chi connectivity index (χ0) is 10.0. The number of nitrogens with one attached hydrogen (secondary N) is 1. The summed E-state index contributed by atoms with van der Waals surface area (Å²) < 4.78 is 29.6. The molecule has 1 aromatic rings. The molecule has 1 heterocycles. The first-order valence-electron chi connectivity index (χ1n) is 3.41. The molecule has 1 rings (SSSR count). The topological polar surface area (TPSA) is 39.1 Å². The van der Waals surface area contributed by atoms with Crippen LogP contribution in [-0.4, -0.2) is 23.4 Å². The van der Waals surface area contributed by atoms with Gasteiger partial charge in [0.25, 0.3) is 0 Å². The summed E-state index contributed by atoms with van der Waals surface area (Å²) in [6.45, 7) is -2.85. The predicted octanol–water partition coefficient (Wildman–Crippen LogP) is 1.83. The number of halogens is 3. The first-order chi connectivity index (χ1) is 6.06. The molecule has 0 amide bonds. The van der Waals surface area contributed by atoms with Crippen LogP contribution in [0.3, 0.4) is 0 Å². The monoisotopic (exact) mass is 255 g/mol. The van der Waals surface area contributed by atoms with E-state index in [1.54, 1.807) is 7.05 Å². The molecule has 0 spiro atoms. The normalized spacial score (nSPS) is 10.6. The molecule has 0 bridgehead atoms. The van der Waals surface area contributed by atoms with Gasteiger partial charge in [-0.25, -0.2) is 4.68 Å². The molecule has 0 fully saturated rings. The molecule has 0 unspecified atom stereocenters. The van der Waals surface area contributed by atoms with Crippen molar-refractivity contribution in [3.63, 3.8) is 0 Å². The molecule has 0 aliphatic rings. The maximum absolute atomic E-state index is 11.9. The number of nitrogens with zero attached hydrogens (tertiary/aromatic N) is 2. The third-order valence-corrected chi connectivity index (χ3v) is 2.09. The Bertz CT molecular complexity index is 302. The van der Waals surface area contributed by atoms with Gasteiger partial charge in [-0.1, -0.05) is 0 Å². The van der Waals surface area contributed by atoms with Gasteiger partial charge in [-0.2, -0.15) is 13.9 Å². The van der Waals surface area contributed by atoms with Crippen LogP contribution in [0.4, 0.5) is 14.6 Å². The van der Waals surface area contributed by atoms with Crippen molar-refractivity contribution < 1.29 is 13.5 Å². The van der Waals surface area contributed by atoms with E-state index in [0.717, 1.165) is 0 Å². The van der Waals surface area contributed by atoms with E-state index in [-0.39, 0.29) is 5.88 Å². The van der Waals surface area contributed by atoms with E-state index in [1.807, 2.05) is 0 Å². The number of alkyl halides is 2. The Kier molecular flexibility index (Phi) is 3.07. The van der Waals surface area contributed by atoms with Crippen molar-refractivity contribution in [1.82, 2.24) is 9.78 Å². The van der Waals surface area contributed by atoms with Gasteiger partial charge >= 0.3 is 6.61 Å². The first kappa shape index (κ1) is 10.2. The van der Waals surface area contributed by atoms with Gasteiger partial charge in [-0.15, -0.1) is 0 Å². The number of anilines is 1. The number of hydrogen-bond acceptors (Lipinski definition) is 3. The maximum atomic E-state index is 11.9. The number of hydrogen-bond donors (Lipinski definition) is 1. The lowest BCUT2D eigenvalue weighted by Crippen LogP contribution is -2.06. The predicted molar refractivity (Wildman–Crippen MR) is 47.1 cm³/mol. The summed E-state index contributed by atoms with van der Waals surface area (Å²) in [5.41, 5.74) is 0. The van der Waals surface area contributed by atoms with Gasteiger partial charge in [0.05, 0.1) is 0 Å². The highest BCUT2D eigenvalue weighted by molar-refractivity contribution is 9.10. The van der Waals surface area contributed by atoms with Crippen molar-refractivity contribution in [3.8, 4) is 5.88 Å². The van der Waals surface area contributed by atoms with E-state index in [9.17, 15) is 8.78 Å². The van der Waals surface area contributed by atoms with Crippen molar-refractivity contribution in [3.05, 3.63) is 4.47 Å². The summed E-state index contributed by atoms with van der Waals surface area (Å²) in [4.78, 5) is 0. The van der Waals surface area contributed by atoms with Gasteiger partial charge in [-0.3, -0.25) is 0 Å². The summed E-state index contributed by atoms with van der Waals surface area (Å²) in [5, 5.41) is 6.61. The van der Waals surface area contributed by atoms with Crippen LogP contribution in [0.15, 0.2) is 4.47 Å². The van der Waals surface area contributed by atoms with Crippen molar-refractivity contribution in [2.24, 2.45) is 7.05 Å². The average molecular weight is 256 g/mol. The average Bonchev–Trinajstić information content (AvgIpc) is 2.31. The standard InChI is InChI=1S/C6H8BrF2N3O/c1-10-4-3(7)5(12(2)11-4)13-6(8)9/h6H,1-2H3,(H,10,11). The minimum absolute atomic E-state index is 0.000602. The lowest BCUT2D eigenvalue weighted by molar-refractivity contribution is -0.0558. The molecule has 13 heavy (non-hydrogen) atoms. The molecule has 0 saturated heterocycles. The summed E-state index contributed by atoms with van der Waals surface area (Å²) in [5.74, 6) is 0.456. The SMILES string of the molecule is CNc1nn(C)c(OC(F)F)c1Br. The second-order valence-electron chi connectivity index (χ2n) is 2.22. The third kappa shape index (κ3) is 2.09. The third-order valence-electron chi connectivity index (χ3n) is 1.38. The Morgan fingerprint density at radius 2 is 2.23 bits per heavy atom. The number of aromatic nitrogens is 2. The van der Waals surface area contributed by atoms with Crippen LogP contribution in [0.25, 0.3) is 0 Å². The smallest absolute Gasteiger partial charge is 0.388 e. The van der Waals surface area contributed by atoms with Crippen LogP contribution in [0.2, 0.25) is 0 Å². The van der Waals surface area contributed by atoms with Crippen molar-refractivity contribution >= 4 is 21.7 Å². The molecule has 0 aliphatic carbocycles. The van der Waals surface area contributed by atoms with Crippen LogP contribution < -0.4 is 10.1 Å². The minimum Gasteiger partial charge on any atom is -0.416 e. The number of rotatable bonds is 3. The second kappa shape index (κ2) is 3.91. The van der Waals surface area contributed by atoms with E-state index < -0.39 is 6.61 Å². The van der Waals surface area contributed by atoms with Crippen LogP contribution in [0.5, 0.6) is 5.88 Å². The van der Waals surface area contributed by atoms with Crippen LogP contribution in [0.1, 0.15) is 0 Å². The van der Waals surface area contributed by atoms with Crippen molar-refractivity contribution in [1.29, 1.82) is 0 Å². The lowest BCUT2D eigenvalue weighted by Gasteiger charge is -2.03. The summed E-state index contributed by atoms with van der Waals surface area (Å²) in [6, 6.07) is 0.